The number of nitrogens with zero attached hydrogens (tertiary/aromatic N) is 1. The van der Waals surface area contributed by atoms with Crippen molar-refractivity contribution in [3.8, 4) is 0 Å². The van der Waals surface area contributed by atoms with Crippen molar-refractivity contribution >= 4 is 11.3 Å². The van der Waals surface area contributed by atoms with Crippen molar-refractivity contribution in [2.24, 2.45) is 0 Å². The molecule has 0 radical (unpaired) electrons. The molecule has 1 unspecified atom stereocenters. The molecule has 1 saturated heterocycles. The molecule has 1 aliphatic rings. The summed E-state index contributed by atoms with van der Waals surface area (Å²) in [4.78, 5) is 5.75. The highest BCUT2D eigenvalue weighted by molar-refractivity contribution is 7.11. The lowest BCUT2D eigenvalue weighted by Gasteiger charge is -2.44. The van der Waals surface area contributed by atoms with Gasteiger partial charge in [-0.05, 0) is 71.8 Å². The van der Waals surface area contributed by atoms with E-state index in [1.807, 2.05) is 11.3 Å². The maximum absolute atomic E-state index is 3.60. The summed E-state index contributed by atoms with van der Waals surface area (Å²) in [5.74, 6) is 0. The van der Waals surface area contributed by atoms with Crippen LogP contribution < -0.4 is 5.32 Å². The Morgan fingerprint density at radius 1 is 1.14 bits per heavy atom. The fourth-order valence-electron chi connectivity index (χ4n) is 3.50. The second kappa shape index (κ2) is 7.75. The number of nitrogens with one attached hydrogen (secondary N) is 1. The van der Waals surface area contributed by atoms with Crippen molar-refractivity contribution in [2.45, 2.75) is 70.9 Å². The molecular formula is C18H32N2S. The van der Waals surface area contributed by atoms with Gasteiger partial charge in [0.2, 0.25) is 0 Å². The molecule has 3 heteroatoms. The lowest BCUT2D eigenvalue weighted by molar-refractivity contribution is 0.0867. The first-order chi connectivity index (χ1) is 10.1. The van der Waals surface area contributed by atoms with E-state index in [4.69, 9.17) is 0 Å². The fourth-order valence-corrected chi connectivity index (χ4v) is 4.50. The van der Waals surface area contributed by atoms with Crippen LogP contribution in [0.25, 0.3) is 0 Å². The lowest BCUT2D eigenvalue weighted by Crippen LogP contribution is -2.58. The standard InChI is InChI=1S/C18H32N2S/c1-5-15-10-11-16(21-15)14-17(19-4)18(2,3)20-12-8-6-7-9-13-20/h10-11,17,19H,5-9,12-14H2,1-4H3. The summed E-state index contributed by atoms with van der Waals surface area (Å²) < 4.78 is 0. The predicted octanol–water partition coefficient (Wildman–Crippen LogP) is 4.10. The second-order valence-electron chi connectivity index (χ2n) is 6.82. The Bertz CT molecular complexity index is 417. The molecule has 1 fully saturated rings. The minimum absolute atomic E-state index is 0.218. The Labute approximate surface area is 134 Å². The molecule has 2 heterocycles. The van der Waals surface area contributed by atoms with Crippen LogP contribution in [0.1, 0.15) is 56.2 Å². The van der Waals surface area contributed by atoms with Crippen LogP contribution in [0.3, 0.4) is 0 Å². The Kier molecular flexibility index (Phi) is 6.27. The van der Waals surface area contributed by atoms with Crippen molar-refractivity contribution < 1.29 is 0 Å². The SMILES string of the molecule is CCc1ccc(CC(NC)C(C)(C)N2CCCCCC2)s1. The molecular weight excluding hydrogens is 276 g/mol. The maximum atomic E-state index is 3.60. The van der Waals surface area contributed by atoms with E-state index in [9.17, 15) is 0 Å². The van der Waals surface area contributed by atoms with Crippen LogP contribution >= 0.6 is 11.3 Å². The third-order valence-electron chi connectivity index (χ3n) is 5.09. The van der Waals surface area contributed by atoms with Crippen LogP contribution in [0.15, 0.2) is 12.1 Å². The van der Waals surface area contributed by atoms with E-state index in [-0.39, 0.29) is 5.54 Å². The van der Waals surface area contributed by atoms with Gasteiger partial charge in [-0.1, -0.05) is 19.8 Å². The molecule has 0 aliphatic carbocycles. The lowest BCUT2D eigenvalue weighted by atomic mass is 9.89. The molecule has 1 aromatic rings. The molecule has 2 nitrogen and oxygen atoms in total. The summed E-state index contributed by atoms with van der Waals surface area (Å²) >= 11 is 1.98. The molecule has 2 rings (SSSR count). The summed E-state index contributed by atoms with van der Waals surface area (Å²) in [6.07, 6.45) is 7.83. The minimum Gasteiger partial charge on any atom is -0.315 e. The van der Waals surface area contributed by atoms with Crippen molar-refractivity contribution in [2.75, 3.05) is 20.1 Å². The summed E-state index contributed by atoms with van der Waals surface area (Å²) in [5, 5.41) is 3.60. The van der Waals surface area contributed by atoms with Gasteiger partial charge in [0.25, 0.3) is 0 Å². The van der Waals surface area contributed by atoms with Gasteiger partial charge < -0.3 is 5.32 Å². The molecule has 1 aliphatic heterocycles. The molecule has 0 aromatic carbocycles. The highest BCUT2D eigenvalue weighted by atomic mass is 32.1. The first kappa shape index (κ1) is 17.0. The van der Waals surface area contributed by atoms with Gasteiger partial charge in [-0.25, -0.2) is 0 Å². The van der Waals surface area contributed by atoms with E-state index in [1.165, 1.54) is 48.5 Å². The Hall–Kier alpha value is -0.380. The highest BCUT2D eigenvalue weighted by Gasteiger charge is 2.34. The van der Waals surface area contributed by atoms with E-state index in [0.717, 1.165) is 12.8 Å². The Morgan fingerprint density at radius 3 is 2.29 bits per heavy atom. The van der Waals surface area contributed by atoms with Gasteiger partial charge in [-0.2, -0.15) is 0 Å². The molecule has 1 aromatic heterocycles. The van der Waals surface area contributed by atoms with Crippen molar-refractivity contribution in [3.63, 3.8) is 0 Å². The molecule has 120 valence electrons. The number of aryl methyl sites for hydroxylation is 1. The highest BCUT2D eigenvalue weighted by Crippen LogP contribution is 2.27. The number of hydrogen-bond acceptors (Lipinski definition) is 3. The second-order valence-corrected chi connectivity index (χ2v) is 8.07. The molecule has 1 N–H and O–H groups in total. The summed E-state index contributed by atoms with van der Waals surface area (Å²) in [7, 11) is 2.12. The molecule has 21 heavy (non-hydrogen) atoms. The molecule has 0 bridgehead atoms. The maximum Gasteiger partial charge on any atom is 0.0309 e. The van der Waals surface area contributed by atoms with E-state index in [1.54, 1.807) is 0 Å². The zero-order chi connectivity index (χ0) is 15.3. The topological polar surface area (TPSA) is 15.3 Å². The van der Waals surface area contributed by atoms with Gasteiger partial charge in [0.1, 0.15) is 0 Å². The van der Waals surface area contributed by atoms with Crippen LogP contribution in [-0.2, 0) is 12.8 Å². The van der Waals surface area contributed by atoms with Gasteiger partial charge in [0.15, 0.2) is 0 Å². The van der Waals surface area contributed by atoms with E-state index < -0.39 is 0 Å². The molecule has 0 amide bonds. The first-order valence-electron chi connectivity index (χ1n) is 8.57. The normalized spacial score (nSPS) is 19.4. The fraction of sp³-hybridized carbons (Fsp3) is 0.778. The number of likely N-dealkylation sites (N-methyl/N-ethyl adjacent to an activating group) is 1. The third-order valence-corrected chi connectivity index (χ3v) is 6.35. The van der Waals surface area contributed by atoms with Gasteiger partial charge in [-0.15, -0.1) is 11.3 Å². The van der Waals surface area contributed by atoms with Gasteiger partial charge in [0, 0.05) is 21.3 Å². The van der Waals surface area contributed by atoms with E-state index in [2.05, 4.69) is 50.2 Å². The number of rotatable bonds is 6. The van der Waals surface area contributed by atoms with Crippen molar-refractivity contribution in [3.05, 3.63) is 21.9 Å². The predicted molar refractivity (Wildman–Crippen MR) is 94.4 cm³/mol. The van der Waals surface area contributed by atoms with Crippen molar-refractivity contribution in [1.29, 1.82) is 0 Å². The Balaban J connectivity index is 2.06. The quantitative estimate of drug-likeness (QED) is 0.851. The Morgan fingerprint density at radius 2 is 1.76 bits per heavy atom. The smallest absolute Gasteiger partial charge is 0.0309 e. The van der Waals surface area contributed by atoms with Crippen LogP contribution in [0, 0.1) is 0 Å². The van der Waals surface area contributed by atoms with E-state index >= 15 is 0 Å². The molecule has 0 spiro atoms. The summed E-state index contributed by atoms with van der Waals surface area (Å²) in [6.45, 7) is 9.61. The monoisotopic (exact) mass is 308 g/mol. The number of likely N-dealkylation sites (tertiary alicyclic amines) is 1. The van der Waals surface area contributed by atoms with Crippen LogP contribution in [0.5, 0.6) is 0 Å². The number of hydrogen-bond donors (Lipinski definition) is 1. The molecule has 1 atom stereocenters. The van der Waals surface area contributed by atoms with Gasteiger partial charge >= 0.3 is 0 Å². The zero-order valence-corrected chi connectivity index (χ0v) is 15.1. The minimum atomic E-state index is 0.218. The van der Waals surface area contributed by atoms with Crippen molar-refractivity contribution in [1.82, 2.24) is 10.2 Å². The third kappa shape index (κ3) is 4.30. The van der Waals surface area contributed by atoms with Crippen LogP contribution in [0.2, 0.25) is 0 Å². The average molecular weight is 309 g/mol. The van der Waals surface area contributed by atoms with E-state index in [0.29, 0.717) is 6.04 Å². The first-order valence-corrected chi connectivity index (χ1v) is 9.39. The summed E-state index contributed by atoms with van der Waals surface area (Å²) in [6, 6.07) is 5.14. The van der Waals surface area contributed by atoms with Gasteiger partial charge in [0.05, 0.1) is 0 Å². The molecule has 0 saturated carbocycles. The number of thiophene rings is 1. The van der Waals surface area contributed by atoms with Crippen LogP contribution in [0.4, 0.5) is 0 Å². The average Bonchev–Trinajstić information content (AvgIpc) is 2.74. The largest absolute Gasteiger partial charge is 0.315 e. The zero-order valence-electron chi connectivity index (χ0n) is 14.2. The summed E-state index contributed by atoms with van der Waals surface area (Å²) in [5.41, 5.74) is 0.218. The van der Waals surface area contributed by atoms with Gasteiger partial charge in [-0.3, -0.25) is 4.90 Å². The van der Waals surface area contributed by atoms with Crippen LogP contribution in [-0.4, -0.2) is 36.6 Å².